The quantitative estimate of drug-likeness (QED) is 0.795. The highest BCUT2D eigenvalue weighted by Crippen LogP contribution is 2.39. The minimum atomic E-state index is -3.77. The van der Waals surface area contributed by atoms with E-state index in [0.717, 1.165) is 5.56 Å². The first-order valence-corrected chi connectivity index (χ1v) is 8.72. The fourth-order valence-corrected chi connectivity index (χ4v) is 2.99. The SMILES string of the molecule is Cc1ccc(S(=O)(=O)OC[C@H]2CO[C@](C)(C(C)(C)C)O2)cc1. The molecular weight excluding hydrogens is 304 g/mol. The van der Waals surface area contributed by atoms with Crippen molar-refractivity contribution in [2.24, 2.45) is 5.41 Å². The molecule has 5 nitrogen and oxygen atoms in total. The van der Waals surface area contributed by atoms with Crippen LogP contribution in [-0.4, -0.2) is 33.5 Å². The molecule has 2 atom stereocenters. The molecule has 22 heavy (non-hydrogen) atoms. The Morgan fingerprint density at radius 3 is 2.36 bits per heavy atom. The lowest BCUT2D eigenvalue weighted by Gasteiger charge is -2.36. The van der Waals surface area contributed by atoms with E-state index in [0.29, 0.717) is 6.61 Å². The molecule has 0 amide bonds. The van der Waals surface area contributed by atoms with E-state index in [2.05, 4.69) is 0 Å². The van der Waals surface area contributed by atoms with Crippen molar-refractivity contribution in [1.29, 1.82) is 0 Å². The van der Waals surface area contributed by atoms with Gasteiger partial charge in [0, 0.05) is 5.41 Å². The first kappa shape index (κ1) is 17.4. The summed E-state index contributed by atoms with van der Waals surface area (Å²) in [6, 6.07) is 6.55. The van der Waals surface area contributed by atoms with Crippen LogP contribution >= 0.6 is 0 Å². The number of aryl methyl sites for hydroxylation is 1. The molecule has 0 saturated carbocycles. The van der Waals surface area contributed by atoms with Gasteiger partial charge >= 0.3 is 0 Å². The first-order chi connectivity index (χ1) is 10.0. The minimum absolute atomic E-state index is 0.0537. The van der Waals surface area contributed by atoms with Crippen molar-refractivity contribution in [1.82, 2.24) is 0 Å². The maximum absolute atomic E-state index is 12.1. The highest BCUT2D eigenvalue weighted by molar-refractivity contribution is 7.86. The lowest BCUT2D eigenvalue weighted by atomic mass is 9.87. The zero-order valence-corrected chi connectivity index (χ0v) is 14.6. The molecule has 0 aromatic heterocycles. The van der Waals surface area contributed by atoms with Gasteiger partial charge in [0.2, 0.25) is 0 Å². The summed E-state index contributed by atoms with van der Waals surface area (Å²) >= 11 is 0. The Balaban J connectivity index is 1.98. The number of hydrogen-bond donors (Lipinski definition) is 0. The largest absolute Gasteiger partial charge is 0.347 e. The van der Waals surface area contributed by atoms with Gasteiger partial charge in [-0.3, -0.25) is 4.18 Å². The van der Waals surface area contributed by atoms with E-state index in [9.17, 15) is 8.42 Å². The average molecular weight is 328 g/mol. The van der Waals surface area contributed by atoms with Crippen LogP contribution in [0.3, 0.4) is 0 Å². The average Bonchev–Trinajstić information content (AvgIpc) is 2.80. The molecule has 1 heterocycles. The van der Waals surface area contributed by atoms with Crippen LogP contribution in [0.15, 0.2) is 29.2 Å². The lowest BCUT2D eigenvalue weighted by Crippen LogP contribution is -2.41. The van der Waals surface area contributed by atoms with Crippen LogP contribution in [0.4, 0.5) is 0 Å². The van der Waals surface area contributed by atoms with Gasteiger partial charge in [0.25, 0.3) is 10.1 Å². The molecule has 1 aliphatic heterocycles. The van der Waals surface area contributed by atoms with Gasteiger partial charge in [-0.1, -0.05) is 38.5 Å². The molecule has 1 fully saturated rings. The Morgan fingerprint density at radius 2 is 1.86 bits per heavy atom. The molecule has 2 rings (SSSR count). The first-order valence-electron chi connectivity index (χ1n) is 7.31. The number of rotatable bonds is 4. The van der Waals surface area contributed by atoms with E-state index in [1.807, 2.05) is 34.6 Å². The van der Waals surface area contributed by atoms with Crippen molar-refractivity contribution in [3.05, 3.63) is 29.8 Å². The molecule has 1 aliphatic rings. The Morgan fingerprint density at radius 1 is 1.27 bits per heavy atom. The predicted octanol–water partition coefficient (Wildman–Crippen LogP) is 2.88. The van der Waals surface area contributed by atoms with E-state index in [1.54, 1.807) is 12.1 Å². The molecule has 0 aliphatic carbocycles. The Kier molecular flexibility index (Phi) is 4.69. The van der Waals surface area contributed by atoms with Gasteiger partial charge < -0.3 is 9.47 Å². The van der Waals surface area contributed by atoms with Crippen LogP contribution < -0.4 is 0 Å². The van der Waals surface area contributed by atoms with E-state index in [-0.39, 0.29) is 16.9 Å². The van der Waals surface area contributed by atoms with Crippen molar-refractivity contribution in [3.8, 4) is 0 Å². The monoisotopic (exact) mass is 328 g/mol. The molecule has 0 spiro atoms. The Hall–Kier alpha value is -0.950. The molecule has 124 valence electrons. The van der Waals surface area contributed by atoms with Crippen LogP contribution in [0.1, 0.15) is 33.3 Å². The van der Waals surface area contributed by atoms with Gasteiger partial charge in [-0.15, -0.1) is 0 Å². The summed E-state index contributed by atoms with van der Waals surface area (Å²) in [7, 11) is -3.77. The fraction of sp³-hybridized carbons (Fsp3) is 0.625. The summed E-state index contributed by atoms with van der Waals surface area (Å²) in [5, 5.41) is 0. The zero-order valence-electron chi connectivity index (χ0n) is 13.8. The molecule has 0 radical (unpaired) electrons. The second-order valence-electron chi connectivity index (χ2n) is 6.80. The third-order valence-electron chi connectivity index (χ3n) is 4.02. The van der Waals surface area contributed by atoms with Crippen molar-refractivity contribution in [2.45, 2.75) is 51.4 Å². The summed E-state index contributed by atoms with van der Waals surface area (Å²) < 4.78 is 41.0. The van der Waals surface area contributed by atoms with Gasteiger partial charge in [-0.25, -0.2) is 0 Å². The number of ether oxygens (including phenoxy) is 2. The Labute approximate surface area is 132 Å². The van der Waals surface area contributed by atoms with E-state index >= 15 is 0 Å². The highest BCUT2D eigenvalue weighted by atomic mass is 32.2. The van der Waals surface area contributed by atoms with Gasteiger partial charge in [-0.2, -0.15) is 8.42 Å². The third kappa shape index (κ3) is 3.68. The van der Waals surface area contributed by atoms with Crippen LogP contribution in [0.5, 0.6) is 0 Å². The third-order valence-corrected chi connectivity index (χ3v) is 5.31. The van der Waals surface area contributed by atoms with Gasteiger partial charge in [-0.05, 0) is 26.0 Å². The molecule has 1 aromatic carbocycles. The molecule has 0 N–H and O–H groups in total. The van der Waals surface area contributed by atoms with Crippen molar-refractivity contribution < 1.29 is 22.1 Å². The molecule has 0 unspecified atom stereocenters. The number of benzene rings is 1. The lowest BCUT2D eigenvalue weighted by molar-refractivity contribution is -0.219. The van der Waals surface area contributed by atoms with Crippen LogP contribution in [0, 0.1) is 12.3 Å². The van der Waals surface area contributed by atoms with Crippen LogP contribution in [0.25, 0.3) is 0 Å². The van der Waals surface area contributed by atoms with Gasteiger partial charge in [0.1, 0.15) is 6.10 Å². The summed E-state index contributed by atoms with van der Waals surface area (Å²) in [4.78, 5) is 0.149. The maximum Gasteiger partial charge on any atom is 0.297 e. The van der Waals surface area contributed by atoms with E-state index in [4.69, 9.17) is 13.7 Å². The van der Waals surface area contributed by atoms with Crippen molar-refractivity contribution in [3.63, 3.8) is 0 Å². The second kappa shape index (κ2) is 5.92. The number of hydrogen-bond acceptors (Lipinski definition) is 5. The van der Waals surface area contributed by atoms with Crippen molar-refractivity contribution >= 4 is 10.1 Å². The smallest absolute Gasteiger partial charge is 0.297 e. The van der Waals surface area contributed by atoms with Crippen molar-refractivity contribution in [2.75, 3.05) is 13.2 Å². The normalized spacial score (nSPS) is 26.3. The standard InChI is InChI=1S/C16H24O5S/c1-12-6-8-14(9-7-12)22(17,18)20-11-13-10-19-16(5,21-13)15(2,3)4/h6-9,13H,10-11H2,1-5H3/t13-,16+/m1/s1. The summed E-state index contributed by atoms with van der Waals surface area (Å²) in [6.45, 7) is 10.1. The van der Waals surface area contributed by atoms with Crippen LogP contribution in [-0.2, 0) is 23.8 Å². The van der Waals surface area contributed by atoms with Crippen LogP contribution in [0.2, 0.25) is 0 Å². The molecule has 0 bridgehead atoms. The molecule has 6 heteroatoms. The summed E-state index contributed by atoms with van der Waals surface area (Å²) in [5.41, 5.74) is 0.782. The maximum atomic E-state index is 12.1. The zero-order chi connectivity index (χ0) is 16.6. The van der Waals surface area contributed by atoms with E-state index in [1.165, 1.54) is 12.1 Å². The summed E-state index contributed by atoms with van der Waals surface area (Å²) in [5.74, 6) is -0.741. The van der Waals surface area contributed by atoms with Gasteiger partial charge in [0.05, 0.1) is 18.1 Å². The molecule has 1 saturated heterocycles. The molecule has 1 aromatic rings. The second-order valence-corrected chi connectivity index (χ2v) is 8.41. The predicted molar refractivity (Wildman–Crippen MR) is 83.0 cm³/mol. The Bertz CT molecular complexity index is 615. The molecular formula is C16H24O5S. The highest BCUT2D eigenvalue weighted by Gasteiger charge is 2.46. The minimum Gasteiger partial charge on any atom is -0.347 e. The van der Waals surface area contributed by atoms with Gasteiger partial charge in [0.15, 0.2) is 5.79 Å². The topological polar surface area (TPSA) is 61.8 Å². The fourth-order valence-electron chi connectivity index (χ4n) is 2.05. The summed E-state index contributed by atoms with van der Waals surface area (Å²) in [6.07, 6.45) is -0.399. The van der Waals surface area contributed by atoms with E-state index < -0.39 is 22.0 Å².